The first kappa shape index (κ1) is 20.6. The third-order valence-corrected chi connectivity index (χ3v) is 5.10. The van der Waals surface area contributed by atoms with Crippen molar-refractivity contribution in [1.82, 2.24) is 5.32 Å². The van der Waals surface area contributed by atoms with Crippen LogP contribution in [-0.2, 0) is 9.59 Å². The fraction of sp³-hybridized carbons (Fsp3) is 0.579. The van der Waals surface area contributed by atoms with Crippen LogP contribution in [-0.4, -0.2) is 49.0 Å². The topological polar surface area (TPSA) is 87.5 Å². The monoisotopic (exact) mass is 378 g/mol. The number of anilines is 2. The van der Waals surface area contributed by atoms with E-state index in [0.717, 1.165) is 30.2 Å². The van der Waals surface area contributed by atoms with Crippen LogP contribution in [0.15, 0.2) is 24.3 Å². The summed E-state index contributed by atoms with van der Waals surface area (Å²) in [5, 5.41) is 5.74. The Morgan fingerprint density at radius 2 is 2.04 bits per heavy atom. The largest absolute Gasteiger partial charge is 0.371 e. The summed E-state index contributed by atoms with van der Waals surface area (Å²) in [6.45, 7) is 3.95. The van der Waals surface area contributed by atoms with Gasteiger partial charge < -0.3 is 21.3 Å². The van der Waals surface area contributed by atoms with Crippen LogP contribution in [0.4, 0.5) is 11.4 Å². The van der Waals surface area contributed by atoms with Crippen molar-refractivity contribution in [2.75, 3.05) is 35.3 Å². The van der Waals surface area contributed by atoms with Gasteiger partial charge >= 0.3 is 0 Å². The summed E-state index contributed by atoms with van der Waals surface area (Å²) in [4.78, 5) is 26.6. The molecule has 0 aliphatic carbocycles. The van der Waals surface area contributed by atoms with Crippen molar-refractivity contribution in [2.45, 2.75) is 44.7 Å². The average Bonchev–Trinajstić information content (AvgIpc) is 3.14. The molecule has 1 aliphatic rings. The molecule has 0 saturated carbocycles. The highest BCUT2D eigenvalue weighted by Crippen LogP contribution is 2.23. The predicted molar refractivity (Wildman–Crippen MR) is 110 cm³/mol. The Bertz CT molecular complexity index is 605. The molecule has 1 aliphatic heterocycles. The van der Waals surface area contributed by atoms with Crippen LogP contribution in [0.2, 0.25) is 0 Å². The van der Waals surface area contributed by atoms with Gasteiger partial charge in [0.25, 0.3) is 0 Å². The van der Waals surface area contributed by atoms with Crippen LogP contribution in [0.5, 0.6) is 0 Å². The van der Waals surface area contributed by atoms with E-state index in [0.29, 0.717) is 6.42 Å². The number of amides is 2. The third kappa shape index (κ3) is 6.53. The first-order chi connectivity index (χ1) is 12.5. The molecule has 4 N–H and O–H groups in total. The third-order valence-electron chi connectivity index (χ3n) is 4.45. The van der Waals surface area contributed by atoms with Gasteiger partial charge in [0.05, 0.1) is 6.04 Å². The summed E-state index contributed by atoms with van der Waals surface area (Å²) in [7, 11) is 0. The zero-order chi connectivity index (χ0) is 18.9. The molecule has 1 heterocycles. The van der Waals surface area contributed by atoms with E-state index in [1.54, 1.807) is 11.8 Å². The fourth-order valence-corrected chi connectivity index (χ4v) is 3.51. The molecule has 1 aromatic carbocycles. The summed E-state index contributed by atoms with van der Waals surface area (Å²) >= 11 is 1.66. The molecule has 1 saturated heterocycles. The van der Waals surface area contributed by atoms with Crippen LogP contribution < -0.4 is 21.3 Å². The number of nitrogens with two attached hydrogens (primary N) is 1. The van der Waals surface area contributed by atoms with E-state index >= 15 is 0 Å². The minimum atomic E-state index is -0.523. The Hall–Kier alpha value is -1.73. The molecular formula is C19H30N4O2S. The van der Waals surface area contributed by atoms with Gasteiger partial charge in [-0.05, 0) is 56.4 Å². The normalized spacial score (nSPS) is 16.2. The number of rotatable bonds is 9. The first-order valence-electron chi connectivity index (χ1n) is 9.19. The summed E-state index contributed by atoms with van der Waals surface area (Å²) < 4.78 is 0. The fourth-order valence-electron chi connectivity index (χ4n) is 3.02. The number of carbonyl (C=O) groups is 2. The second-order valence-electron chi connectivity index (χ2n) is 6.79. The quantitative estimate of drug-likeness (QED) is 0.613. The lowest BCUT2D eigenvalue weighted by atomic mass is 10.1. The molecule has 7 heteroatoms. The molecule has 0 bridgehead atoms. The highest BCUT2D eigenvalue weighted by molar-refractivity contribution is 7.98. The van der Waals surface area contributed by atoms with Crippen molar-refractivity contribution in [3.63, 3.8) is 0 Å². The maximum absolute atomic E-state index is 12.3. The standard InChI is InChI=1S/C19H30N4O2S/c1-14(21-19(25)17(20)8-11-26-2)12-18(24)22-15-6-5-7-16(13-15)23-9-3-4-10-23/h5-7,13-14,17H,3-4,8-12,20H2,1-2H3,(H,21,25)(H,22,24)/t14?,17-/m0/s1. The lowest BCUT2D eigenvalue weighted by Gasteiger charge is -2.19. The minimum absolute atomic E-state index is 0.117. The lowest BCUT2D eigenvalue weighted by molar-refractivity contribution is -0.123. The van der Waals surface area contributed by atoms with Gasteiger partial charge in [0.15, 0.2) is 0 Å². The van der Waals surface area contributed by atoms with Crippen molar-refractivity contribution in [3.05, 3.63) is 24.3 Å². The SMILES string of the molecule is CSCC[C@H](N)C(=O)NC(C)CC(=O)Nc1cccc(N2CCCC2)c1. The number of hydrogen-bond donors (Lipinski definition) is 3. The molecule has 2 amide bonds. The number of nitrogens with zero attached hydrogens (tertiary/aromatic N) is 1. The van der Waals surface area contributed by atoms with Crippen molar-refractivity contribution in [1.29, 1.82) is 0 Å². The van der Waals surface area contributed by atoms with Crippen LogP contribution in [0, 0.1) is 0 Å². The van der Waals surface area contributed by atoms with E-state index < -0.39 is 6.04 Å². The lowest BCUT2D eigenvalue weighted by Crippen LogP contribution is -2.45. The van der Waals surface area contributed by atoms with E-state index in [1.807, 2.05) is 31.4 Å². The van der Waals surface area contributed by atoms with Gasteiger partial charge in [-0.25, -0.2) is 0 Å². The van der Waals surface area contributed by atoms with E-state index in [1.165, 1.54) is 12.8 Å². The van der Waals surface area contributed by atoms with Crippen LogP contribution in [0.1, 0.15) is 32.6 Å². The highest BCUT2D eigenvalue weighted by atomic mass is 32.2. The molecule has 0 spiro atoms. The molecule has 2 atom stereocenters. The van der Waals surface area contributed by atoms with Crippen LogP contribution in [0.25, 0.3) is 0 Å². The minimum Gasteiger partial charge on any atom is -0.371 e. The van der Waals surface area contributed by atoms with Gasteiger partial charge in [0.2, 0.25) is 11.8 Å². The Balaban J connectivity index is 1.80. The molecule has 1 fully saturated rings. The summed E-state index contributed by atoms with van der Waals surface area (Å²) in [6, 6.07) is 7.14. The zero-order valence-corrected chi connectivity index (χ0v) is 16.5. The Kier molecular flexibility index (Phi) is 8.25. The Morgan fingerprint density at radius 3 is 2.73 bits per heavy atom. The van der Waals surface area contributed by atoms with Crippen molar-refractivity contribution in [3.8, 4) is 0 Å². The molecule has 26 heavy (non-hydrogen) atoms. The van der Waals surface area contributed by atoms with Gasteiger partial charge in [0.1, 0.15) is 0 Å². The van der Waals surface area contributed by atoms with Gasteiger partial charge in [-0.3, -0.25) is 9.59 Å². The predicted octanol–water partition coefficient (Wildman–Crippen LogP) is 2.20. The summed E-state index contributed by atoms with van der Waals surface area (Å²) in [5.41, 5.74) is 7.78. The molecule has 0 radical (unpaired) electrons. The Morgan fingerprint density at radius 1 is 1.31 bits per heavy atom. The summed E-state index contributed by atoms with van der Waals surface area (Å²) in [5.74, 6) is 0.529. The van der Waals surface area contributed by atoms with E-state index in [4.69, 9.17) is 5.73 Å². The van der Waals surface area contributed by atoms with Crippen molar-refractivity contribution >= 4 is 35.0 Å². The maximum Gasteiger partial charge on any atom is 0.237 e. The molecule has 1 aromatic rings. The molecule has 2 rings (SSSR count). The number of nitrogens with one attached hydrogen (secondary N) is 2. The summed E-state index contributed by atoms with van der Waals surface area (Å²) in [6.07, 6.45) is 5.26. The van der Waals surface area contributed by atoms with Crippen LogP contribution >= 0.6 is 11.8 Å². The molecule has 0 aromatic heterocycles. The Labute approximate surface area is 160 Å². The van der Waals surface area contributed by atoms with Crippen LogP contribution in [0.3, 0.4) is 0 Å². The second-order valence-corrected chi connectivity index (χ2v) is 7.78. The zero-order valence-electron chi connectivity index (χ0n) is 15.7. The highest BCUT2D eigenvalue weighted by Gasteiger charge is 2.18. The second kappa shape index (κ2) is 10.4. The van der Waals surface area contributed by atoms with Gasteiger partial charge in [-0.15, -0.1) is 0 Å². The maximum atomic E-state index is 12.3. The number of benzene rings is 1. The van der Waals surface area contributed by atoms with Gasteiger partial charge in [0, 0.05) is 36.9 Å². The molecular weight excluding hydrogens is 348 g/mol. The van der Waals surface area contributed by atoms with Gasteiger partial charge in [-0.2, -0.15) is 11.8 Å². The molecule has 1 unspecified atom stereocenters. The van der Waals surface area contributed by atoms with E-state index in [2.05, 4.69) is 21.6 Å². The molecule has 144 valence electrons. The van der Waals surface area contributed by atoms with Gasteiger partial charge in [-0.1, -0.05) is 6.07 Å². The molecule has 6 nitrogen and oxygen atoms in total. The first-order valence-corrected chi connectivity index (χ1v) is 10.6. The number of carbonyl (C=O) groups excluding carboxylic acids is 2. The van der Waals surface area contributed by atoms with Crippen molar-refractivity contribution in [2.24, 2.45) is 5.73 Å². The van der Waals surface area contributed by atoms with E-state index in [-0.39, 0.29) is 24.3 Å². The number of hydrogen-bond acceptors (Lipinski definition) is 5. The smallest absolute Gasteiger partial charge is 0.237 e. The van der Waals surface area contributed by atoms with Crippen molar-refractivity contribution < 1.29 is 9.59 Å². The average molecular weight is 379 g/mol. The van der Waals surface area contributed by atoms with E-state index in [9.17, 15) is 9.59 Å². The number of thioether (sulfide) groups is 1.